The zero-order valence-corrected chi connectivity index (χ0v) is 12.3. The van der Waals surface area contributed by atoms with E-state index in [4.69, 9.17) is 4.74 Å². The van der Waals surface area contributed by atoms with Crippen molar-refractivity contribution in [2.24, 2.45) is 5.41 Å². The van der Waals surface area contributed by atoms with Crippen LogP contribution in [0.5, 0.6) is 0 Å². The average Bonchev–Trinajstić information content (AvgIpc) is 2.38. The Labute approximate surface area is 119 Å². The smallest absolute Gasteiger partial charge is 0.312 e. The Morgan fingerprint density at radius 2 is 2.26 bits per heavy atom. The standard InChI is InChI=1S/C12H16BrN3O3/c1-12(2-4-19-5-3-12)8-15-11-10(16(17)18)6-9(13)7-14-11/h6-7H,2-5,8H2,1H3,(H,14,15). The fourth-order valence-corrected chi connectivity index (χ4v) is 2.36. The van der Waals surface area contributed by atoms with Crippen LogP contribution in [0.2, 0.25) is 0 Å². The Morgan fingerprint density at radius 3 is 2.89 bits per heavy atom. The summed E-state index contributed by atoms with van der Waals surface area (Å²) in [6.45, 7) is 4.31. The summed E-state index contributed by atoms with van der Waals surface area (Å²) in [6, 6.07) is 1.46. The summed E-state index contributed by atoms with van der Waals surface area (Å²) in [5.74, 6) is 0.320. The van der Waals surface area contributed by atoms with Crippen molar-refractivity contribution < 1.29 is 9.66 Å². The summed E-state index contributed by atoms with van der Waals surface area (Å²) in [4.78, 5) is 14.6. The van der Waals surface area contributed by atoms with Gasteiger partial charge in [-0.2, -0.15) is 0 Å². The highest BCUT2D eigenvalue weighted by molar-refractivity contribution is 9.10. The number of halogens is 1. The van der Waals surface area contributed by atoms with Gasteiger partial charge in [0.05, 0.1) is 4.92 Å². The molecular weight excluding hydrogens is 314 g/mol. The third-order valence-corrected chi connectivity index (χ3v) is 3.85. The highest BCUT2D eigenvalue weighted by atomic mass is 79.9. The summed E-state index contributed by atoms with van der Waals surface area (Å²) < 4.78 is 5.94. The quantitative estimate of drug-likeness (QED) is 0.678. The second-order valence-electron chi connectivity index (χ2n) is 5.05. The summed E-state index contributed by atoms with van der Waals surface area (Å²) in [6.07, 6.45) is 3.45. The van der Waals surface area contributed by atoms with Gasteiger partial charge in [0.1, 0.15) is 0 Å². The van der Waals surface area contributed by atoms with Crippen LogP contribution in [0.25, 0.3) is 0 Å². The molecule has 2 rings (SSSR count). The maximum Gasteiger partial charge on any atom is 0.312 e. The fraction of sp³-hybridized carbons (Fsp3) is 0.583. The lowest BCUT2D eigenvalue weighted by Crippen LogP contribution is -2.33. The Morgan fingerprint density at radius 1 is 1.58 bits per heavy atom. The molecule has 0 bridgehead atoms. The summed E-state index contributed by atoms with van der Waals surface area (Å²) in [5, 5.41) is 14.1. The van der Waals surface area contributed by atoms with Gasteiger partial charge in [0.15, 0.2) is 0 Å². The lowest BCUT2D eigenvalue weighted by Gasteiger charge is -2.33. The molecule has 1 saturated heterocycles. The Hall–Kier alpha value is -1.21. The predicted molar refractivity (Wildman–Crippen MR) is 75.2 cm³/mol. The molecule has 1 aliphatic rings. The van der Waals surface area contributed by atoms with E-state index in [2.05, 4.69) is 33.2 Å². The molecule has 0 aromatic carbocycles. The topological polar surface area (TPSA) is 77.3 Å². The maximum absolute atomic E-state index is 11.0. The number of anilines is 1. The number of hydrogen-bond donors (Lipinski definition) is 1. The first kappa shape index (κ1) is 14.2. The van der Waals surface area contributed by atoms with Crippen molar-refractivity contribution in [1.82, 2.24) is 4.98 Å². The molecule has 19 heavy (non-hydrogen) atoms. The van der Waals surface area contributed by atoms with Gasteiger partial charge in [0, 0.05) is 36.5 Å². The van der Waals surface area contributed by atoms with E-state index in [1.54, 1.807) is 6.20 Å². The molecule has 1 N–H and O–H groups in total. The molecular formula is C12H16BrN3O3. The Bertz CT molecular complexity index is 475. The van der Waals surface area contributed by atoms with Crippen LogP contribution < -0.4 is 5.32 Å². The molecule has 0 spiro atoms. The van der Waals surface area contributed by atoms with Crippen molar-refractivity contribution in [3.05, 3.63) is 26.9 Å². The SMILES string of the molecule is CC1(CNc2ncc(Br)cc2[N+](=O)[O-])CCOCC1. The number of rotatable bonds is 4. The molecule has 104 valence electrons. The molecule has 7 heteroatoms. The van der Waals surface area contributed by atoms with Crippen molar-refractivity contribution in [3.8, 4) is 0 Å². The third kappa shape index (κ3) is 3.63. The van der Waals surface area contributed by atoms with Crippen LogP contribution in [0, 0.1) is 15.5 Å². The normalized spacial score (nSPS) is 18.0. The minimum Gasteiger partial charge on any atom is -0.381 e. The van der Waals surface area contributed by atoms with Crippen LogP contribution in [0.3, 0.4) is 0 Å². The molecule has 0 amide bonds. The fourth-order valence-electron chi connectivity index (χ4n) is 2.04. The molecule has 0 aliphatic carbocycles. The minimum absolute atomic E-state index is 0.00923. The van der Waals surface area contributed by atoms with Gasteiger partial charge in [-0.3, -0.25) is 10.1 Å². The van der Waals surface area contributed by atoms with Gasteiger partial charge < -0.3 is 10.1 Å². The van der Waals surface area contributed by atoms with Crippen LogP contribution in [0.1, 0.15) is 19.8 Å². The first-order valence-corrected chi connectivity index (χ1v) is 6.91. The number of aromatic nitrogens is 1. The van der Waals surface area contributed by atoms with Crippen molar-refractivity contribution in [2.75, 3.05) is 25.1 Å². The van der Waals surface area contributed by atoms with Crippen LogP contribution in [0.15, 0.2) is 16.7 Å². The van der Waals surface area contributed by atoms with Gasteiger partial charge >= 0.3 is 5.69 Å². The number of nitrogens with one attached hydrogen (secondary N) is 1. The zero-order valence-electron chi connectivity index (χ0n) is 10.7. The summed E-state index contributed by atoms with van der Waals surface area (Å²) >= 11 is 3.19. The van der Waals surface area contributed by atoms with Gasteiger partial charge in [-0.25, -0.2) is 4.98 Å². The number of nitro groups is 1. The van der Waals surface area contributed by atoms with Crippen LogP contribution in [-0.2, 0) is 4.74 Å². The van der Waals surface area contributed by atoms with E-state index >= 15 is 0 Å². The monoisotopic (exact) mass is 329 g/mol. The molecule has 1 aliphatic heterocycles. The maximum atomic E-state index is 11.0. The van der Waals surface area contributed by atoms with Gasteiger partial charge in [-0.15, -0.1) is 0 Å². The zero-order chi connectivity index (χ0) is 13.9. The first-order valence-electron chi connectivity index (χ1n) is 6.12. The average molecular weight is 330 g/mol. The molecule has 1 fully saturated rings. The third-order valence-electron chi connectivity index (χ3n) is 3.41. The number of pyridine rings is 1. The Balaban J connectivity index is 2.08. The number of hydrogen-bond acceptors (Lipinski definition) is 5. The lowest BCUT2D eigenvalue weighted by atomic mass is 9.82. The molecule has 1 aromatic heterocycles. The predicted octanol–water partition coefficient (Wildman–Crippen LogP) is 2.98. The second-order valence-corrected chi connectivity index (χ2v) is 5.97. The van der Waals surface area contributed by atoms with E-state index in [9.17, 15) is 10.1 Å². The number of ether oxygens (including phenoxy) is 1. The van der Waals surface area contributed by atoms with Gasteiger partial charge in [0.25, 0.3) is 0 Å². The van der Waals surface area contributed by atoms with E-state index in [1.807, 2.05) is 0 Å². The van der Waals surface area contributed by atoms with Crippen molar-refractivity contribution in [3.63, 3.8) is 0 Å². The second kappa shape index (κ2) is 5.83. The lowest BCUT2D eigenvalue weighted by molar-refractivity contribution is -0.384. The van der Waals surface area contributed by atoms with E-state index < -0.39 is 4.92 Å². The first-order chi connectivity index (χ1) is 9.00. The van der Waals surface area contributed by atoms with Crippen molar-refractivity contribution in [2.45, 2.75) is 19.8 Å². The van der Waals surface area contributed by atoms with Crippen molar-refractivity contribution in [1.29, 1.82) is 0 Å². The molecule has 0 radical (unpaired) electrons. The molecule has 0 unspecified atom stereocenters. The van der Waals surface area contributed by atoms with Crippen LogP contribution in [-0.4, -0.2) is 29.7 Å². The van der Waals surface area contributed by atoms with Crippen LogP contribution >= 0.6 is 15.9 Å². The van der Waals surface area contributed by atoms with E-state index in [0.29, 0.717) is 16.8 Å². The van der Waals surface area contributed by atoms with E-state index in [1.165, 1.54) is 6.07 Å². The van der Waals surface area contributed by atoms with Gasteiger partial charge in [0.2, 0.25) is 5.82 Å². The molecule has 6 nitrogen and oxygen atoms in total. The summed E-state index contributed by atoms with van der Waals surface area (Å²) in [7, 11) is 0. The van der Waals surface area contributed by atoms with Gasteiger partial charge in [-0.1, -0.05) is 6.92 Å². The van der Waals surface area contributed by atoms with E-state index in [0.717, 1.165) is 26.1 Å². The number of nitrogens with zero attached hydrogens (tertiary/aromatic N) is 2. The largest absolute Gasteiger partial charge is 0.381 e. The minimum atomic E-state index is -0.424. The Kier molecular flexibility index (Phi) is 4.36. The van der Waals surface area contributed by atoms with Crippen molar-refractivity contribution >= 4 is 27.4 Å². The van der Waals surface area contributed by atoms with E-state index in [-0.39, 0.29) is 11.1 Å². The highest BCUT2D eigenvalue weighted by Crippen LogP contribution is 2.31. The molecule has 0 atom stereocenters. The van der Waals surface area contributed by atoms with Crippen LogP contribution in [0.4, 0.5) is 11.5 Å². The summed E-state index contributed by atoms with van der Waals surface area (Å²) in [5.41, 5.74) is 0.0889. The molecule has 1 aromatic rings. The van der Waals surface area contributed by atoms with Gasteiger partial charge in [-0.05, 0) is 34.2 Å². The highest BCUT2D eigenvalue weighted by Gasteiger charge is 2.28. The molecule has 2 heterocycles. The molecule has 0 saturated carbocycles.